The topological polar surface area (TPSA) is 26.3 Å². The summed E-state index contributed by atoms with van der Waals surface area (Å²) in [5.41, 5.74) is 10.9. The predicted octanol–water partition coefficient (Wildman–Crippen LogP) is 15.1. The minimum Gasteiger partial charge on any atom is -0.456 e. The zero-order valence-corrected chi connectivity index (χ0v) is 29.1. The Bertz CT molecular complexity index is 3440. The van der Waals surface area contributed by atoms with E-state index in [1.807, 2.05) is 12.1 Å². The number of fused-ring (bicyclic) bond motifs is 11. The Morgan fingerprint density at radius 1 is 0.259 bits per heavy atom. The Hall–Kier alpha value is -7.16. The van der Waals surface area contributed by atoms with Crippen LogP contribution in [0.5, 0.6) is 0 Å². The molecule has 12 rings (SSSR count). The van der Waals surface area contributed by atoms with Gasteiger partial charge in [-0.3, -0.25) is 0 Å². The predicted molar refractivity (Wildman–Crippen MR) is 227 cm³/mol. The Labute approximate surface area is 310 Å². The maximum Gasteiger partial charge on any atom is 0.136 e. The Morgan fingerprint density at radius 2 is 0.852 bits per heavy atom. The van der Waals surface area contributed by atoms with Crippen molar-refractivity contribution in [3.05, 3.63) is 182 Å². The summed E-state index contributed by atoms with van der Waals surface area (Å²) in [7, 11) is 0. The average Bonchev–Trinajstić information content (AvgIpc) is 3.79. The molecule has 0 bridgehead atoms. The molecule has 12 aromatic rings. The number of furan rings is 2. The third kappa shape index (κ3) is 4.22. The fourth-order valence-corrected chi connectivity index (χ4v) is 9.03. The maximum absolute atomic E-state index is 6.47. The Morgan fingerprint density at radius 3 is 1.67 bits per heavy atom. The first-order valence-electron chi connectivity index (χ1n) is 18.5. The molecule has 0 saturated heterocycles. The highest BCUT2D eigenvalue weighted by molar-refractivity contribution is 6.25. The first kappa shape index (κ1) is 29.4. The zero-order chi connectivity index (χ0) is 35.3. The van der Waals surface area contributed by atoms with E-state index in [4.69, 9.17) is 8.83 Å². The van der Waals surface area contributed by atoms with E-state index in [0.29, 0.717) is 0 Å². The number of rotatable bonds is 3. The van der Waals surface area contributed by atoms with Crippen LogP contribution in [0.25, 0.3) is 120 Å². The summed E-state index contributed by atoms with van der Waals surface area (Å²) in [5.74, 6) is 0. The largest absolute Gasteiger partial charge is 0.456 e. The van der Waals surface area contributed by atoms with E-state index < -0.39 is 0 Å². The molecular formula is C52H30O2. The van der Waals surface area contributed by atoms with Gasteiger partial charge >= 0.3 is 0 Å². The van der Waals surface area contributed by atoms with E-state index in [1.54, 1.807) is 0 Å². The van der Waals surface area contributed by atoms with Crippen LogP contribution in [0.4, 0.5) is 0 Å². The van der Waals surface area contributed by atoms with Crippen LogP contribution >= 0.6 is 0 Å². The summed E-state index contributed by atoms with van der Waals surface area (Å²) in [6, 6.07) is 65.8. The van der Waals surface area contributed by atoms with Crippen molar-refractivity contribution in [1.82, 2.24) is 0 Å². The SMILES string of the molecule is c1cc(-c2ccc3oc4ccc5cc6oc7ccccc7c6cc5c4c3c2)cc(-c2c3ccccc3c(-c3cccc4ccccc34)c3ccccc23)c1. The minimum atomic E-state index is 0.885. The molecule has 0 spiro atoms. The zero-order valence-electron chi connectivity index (χ0n) is 29.1. The molecule has 250 valence electrons. The first-order chi connectivity index (χ1) is 26.8. The fourth-order valence-electron chi connectivity index (χ4n) is 9.03. The lowest BCUT2D eigenvalue weighted by Crippen LogP contribution is -1.92. The van der Waals surface area contributed by atoms with Crippen molar-refractivity contribution in [3.63, 3.8) is 0 Å². The monoisotopic (exact) mass is 686 g/mol. The molecule has 0 radical (unpaired) electrons. The van der Waals surface area contributed by atoms with Crippen molar-refractivity contribution < 1.29 is 8.83 Å². The van der Waals surface area contributed by atoms with Crippen LogP contribution in [-0.2, 0) is 0 Å². The molecule has 2 aromatic heterocycles. The van der Waals surface area contributed by atoms with Gasteiger partial charge in [-0.25, -0.2) is 0 Å². The first-order valence-corrected chi connectivity index (χ1v) is 18.5. The molecular weight excluding hydrogens is 657 g/mol. The Kier molecular flexibility index (Phi) is 6.09. The molecule has 0 fully saturated rings. The molecule has 0 amide bonds. The van der Waals surface area contributed by atoms with Crippen molar-refractivity contribution >= 4 is 87.0 Å². The van der Waals surface area contributed by atoms with Gasteiger partial charge in [0.1, 0.15) is 22.3 Å². The average molecular weight is 687 g/mol. The number of para-hydroxylation sites is 1. The molecule has 0 atom stereocenters. The van der Waals surface area contributed by atoms with E-state index in [0.717, 1.165) is 54.8 Å². The van der Waals surface area contributed by atoms with Crippen molar-refractivity contribution in [2.45, 2.75) is 0 Å². The molecule has 2 nitrogen and oxygen atoms in total. The van der Waals surface area contributed by atoms with Gasteiger partial charge in [0, 0.05) is 21.5 Å². The molecule has 0 aliphatic heterocycles. The second kappa shape index (κ2) is 11.2. The van der Waals surface area contributed by atoms with Gasteiger partial charge in [-0.15, -0.1) is 0 Å². The molecule has 0 N–H and O–H groups in total. The molecule has 0 unspecified atom stereocenters. The van der Waals surface area contributed by atoms with E-state index in [1.165, 1.54) is 65.5 Å². The van der Waals surface area contributed by atoms with Crippen LogP contribution in [0, 0.1) is 0 Å². The van der Waals surface area contributed by atoms with Gasteiger partial charge in [-0.2, -0.15) is 0 Å². The van der Waals surface area contributed by atoms with Gasteiger partial charge < -0.3 is 8.83 Å². The summed E-state index contributed by atoms with van der Waals surface area (Å²) in [6.45, 7) is 0. The van der Waals surface area contributed by atoms with E-state index in [2.05, 4.69) is 170 Å². The third-order valence-electron chi connectivity index (χ3n) is 11.4. The van der Waals surface area contributed by atoms with Crippen LogP contribution in [0.2, 0.25) is 0 Å². The van der Waals surface area contributed by atoms with Gasteiger partial charge in [0.05, 0.1) is 0 Å². The second-order valence-corrected chi connectivity index (χ2v) is 14.4. The molecule has 2 heteroatoms. The van der Waals surface area contributed by atoms with Crippen LogP contribution < -0.4 is 0 Å². The Balaban J connectivity index is 1.07. The minimum absolute atomic E-state index is 0.885. The normalized spacial score (nSPS) is 12.1. The molecule has 54 heavy (non-hydrogen) atoms. The lowest BCUT2D eigenvalue weighted by molar-refractivity contribution is 0.668. The smallest absolute Gasteiger partial charge is 0.136 e. The maximum atomic E-state index is 6.47. The molecule has 0 aliphatic carbocycles. The quantitative estimate of drug-likeness (QED) is 0.173. The van der Waals surface area contributed by atoms with Gasteiger partial charge in [0.2, 0.25) is 0 Å². The summed E-state index contributed by atoms with van der Waals surface area (Å²) in [6.07, 6.45) is 0. The number of hydrogen-bond donors (Lipinski definition) is 0. The molecule has 0 aliphatic rings. The molecule has 0 saturated carbocycles. The van der Waals surface area contributed by atoms with Gasteiger partial charge in [0.25, 0.3) is 0 Å². The summed E-state index contributed by atoms with van der Waals surface area (Å²) >= 11 is 0. The van der Waals surface area contributed by atoms with E-state index in [-0.39, 0.29) is 0 Å². The fraction of sp³-hybridized carbons (Fsp3) is 0. The number of hydrogen-bond acceptors (Lipinski definition) is 2. The highest BCUT2D eigenvalue weighted by Crippen LogP contribution is 2.46. The lowest BCUT2D eigenvalue weighted by atomic mass is 9.84. The number of benzene rings is 10. The van der Waals surface area contributed by atoms with Crippen molar-refractivity contribution in [1.29, 1.82) is 0 Å². The van der Waals surface area contributed by atoms with Crippen LogP contribution in [0.3, 0.4) is 0 Å². The van der Waals surface area contributed by atoms with Gasteiger partial charge in [0.15, 0.2) is 0 Å². The van der Waals surface area contributed by atoms with Crippen molar-refractivity contribution in [2.24, 2.45) is 0 Å². The summed E-state index contributed by atoms with van der Waals surface area (Å²) in [5, 5.41) is 14.3. The van der Waals surface area contributed by atoms with Gasteiger partial charge in [-0.1, -0.05) is 140 Å². The van der Waals surface area contributed by atoms with Crippen molar-refractivity contribution in [3.8, 4) is 33.4 Å². The van der Waals surface area contributed by atoms with Crippen LogP contribution in [0.1, 0.15) is 0 Å². The van der Waals surface area contributed by atoms with E-state index >= 15 is 0 Å². The van der Waals surface area contributed by atoms with E-state index in [9.17, 15) is 0 Å². The van der Waals surface area contributed by atoms with Crippen LogP contribution in [0.15, 0.2) is 191 Å². The van der Waals surface area contributed by atoms with Crippen molar-refractivity contribution in [2.75, 3.05) is 0 Å². The summed E-state index contributed by atoms with van der Waals surface area (Å²) < 4.78 is 12.7. The summed E-state index contributed by atoms with van der Waals surface area (Å²) in [4.78, 5) is 0. The molecule has 2 heterocycles. The van der Waals surface area contributed by atoms with Crippen LogP contribution in [-0.4, -0.2) is 0 Å². The highest BCUT2D eigenvalue weighted by Gasteiger charge is 2.19. The standard InChI is InChI=1S/C52H30O2/c1-2-15-36-31(11-1)12-10-21-38(36)51-41-19-5-3-17-39(41)50(40-18-4-6-20-42(40)51)35-14-9-13-32(27-35)33-23-25-47-45(28-33)52-43-30-44-37-16-7-8-22-46(37)54-49(44)29-34(43)24-26-48(52)53-47/h1-30H. The second-order valence-electron chi connectivity index (χ2n) is 14.4. The lowest BCUT2D eigenvalue weighted by Gasteiger charge is -2.19. The highest BCUT2D eigenvalue weighted by atomic mass is 16.3. The molecule has 10 aromatic carbocycles. The van der Waals surface area contributed by atoms with Gasteiger partial charge in [-0.05, 0) is 119 Å². The third-order valence-corrected chi connectivity index (χ3v) is 11.4.